The molecule has 1 aromatic heterocycles. The third-order valence-electron chi connectivity index (χ3n) is 3.68. The highest BCUT2D eigenvalue weighted by molar-refractivity contribution is 5.46. The fourth-order valence-electron chi connectivity index (χ4n) is 2.72. The number of hydrogen-bond donors (Lipinski definition) is 1. The van der Waals surface area contributed by atoms with Crippen molar-refractivity contribution in [3.05, 3.63) is 47.7 Å². The smallest absolute Gasteiger partial charge is 0.222 e. The number of hydrogen-bond acceptors (Lipinski definition) is 5. The number of nitrogens with zero attached hydrogens (tertiary/aromatic N) is 3. The van der Waals surface area contributed by atoms with E-state index in [-0.39, 0.29) is 6.04 Å². The SMILES string of the molecule is Cc1cc(N2CCCOCC2c2ccccc2)nc(N)n1. The lowest BCUT2D eigenvalue weighted by Crippen LogP contribution is -2.31. The number of ether oxygens (including phenoxy) is 1. The molecule has 1 aliphatic heterocycles. The molecular weight excluding hydrogens is 264 g/mol. The number of rotatable bonds is 2. The van der Waals surface area contributed by atoms with Gasteiger partial charge in [-0.25, -0.2) is 4.98 Å². The highest BCUT2D eigenvalue weighted by Gasteiger charge is 2.24. The molecule has 0 amide bonds. The van der Waals surface area contributed by atoms with Crippen molar-refractivity contribution in [2.24, 2.45) is 0 Å². The fraction of sp³-hybridized carbons (Fsp3) is 0.375. The topological polar surface area (TPSA) is 64.3 Å². The number of aromatic nitrogens is 2. The minimum atomic E-state index is 0.155. The molecule has 1 unspecified atom stereocenters. The Kier molecular flexibility index (Phi) is 4.01. The Bertz CT molecular complexity index is 582. The summed E-state index contributed by atoms with van der Waals surface area (Å²) in [5.74, 6) is 1.20. The number of nitrogen functional groups attached to an aromatic ring is 1. The predicted octanol–water partition coefficient (Wildman–Crippen LogP) is 2.34. The first kappa shape index (κ1) is 13.8. The van der Waals surface area contributed by atoms with Gasteiger partial charge in [0.15, 0.2) is 0 Å². The molecule has 0 radical (unpaired) electrons. The predicted molar refractivity (Wildman–Crippen MR) is 83.1 cm³/mol. The quantitative estimate of drug-likeness (QED) is 0.917. The van der Waals surface area contributed by atoms with E-state index < -0.39 is 0 Å². The molecule has 1 aliphatic rings. The lowest BCUT2D eigenvalue weighted by molar-refractivity contribution is 0.134. The Morgan fingerprint density at radius 2 is 2.05 bits per heavy atom. The molecule has 0 spiro atoms. The van der Waals surface area contributed by atoms with E-state index in [1.165, 1.54) is 5.56 Å². The lowest BCUT2D eigenvalue weighted by Gasteiger charge is -2.31. The fourth-order valence-corrected chi connectivity index (χ4v) is 2.72. The van der Waals surface area contributed by atoms with E-state index in [9.17, 15) is 0 Å². The Balaban J connectivity index is 1.99. The maximum atomic E-state index is 5.81. The molecule has 1 aromatic carbocycles. The van der Waals surface area contributed by atoms with Crippen molar-refractivity contribution >= 4 is 11.8 Å². The van der Waals surface area contributed by atoms with Gasteiger partial charge >= 0.3 is 0 Å². The van der Waals surface area contributed by atoms with Crippen molar-refractivity contribution in [3.63, 3.8) is 0 Å². The molecule has 0 aliphatic carbocycles. The molecule has 2 N–H and O–H groups in total. The number of aryl methyl sites for hydroxylation is 1. The van der Waals surface area contributed by atoms with Crippen LogP contribution < -0.4 is 10.6 Å². The van der Waals surface area contributed by atoms with Gasteiger partial charge in [-0.1, -0.05) is 30.3 Å². The minimum Gasteiger partial charge on any atom is -0.379 e. The maximum Gasteiger partial charge on any atom is 0.222 e. The third-order valence-corrected chi connectivity index (χ3v) is 3.68. The van der Waals surface area contributed by atoms with Gasteiger partial charge < -0.3 is 15.4 Å². The summed E-state index contributed by atoms with van der Waals surface area (Å²) in [6.45, 7) is 4.27. The second-order valence-corrected chi connectivity index (χ2v) is 5.27. The molecular formula is C16H20N4O. The second-order valence-electron chi connectivity index (χ2n) is 5.27. The van der Waals surface area contributed by atoms with E-state index in [0.29, 0.717) is 12.6 Å². The van der Waals surface area contributed by atoms with Crippen molar-refractivity contribution in [3.8, 4) is 0 Å². The van der Waals surface area contributed by atoms with Crippen LogP contribution in [0.3, 0.4) is 0 Å². The van der Waals surface area contributed by atoms with E-state index >= 15 is 0 Å². The molecule has 5 nitrogen and oxygen atoms in total. The summed E-state index contributed by atoms with van der Waals surface area (Å²) < 4.78 is 5.76. The standard InChI is InChI=1S/C16H20N4O/c1-12-10-15(19-16(17)18-12)20-8-5-9-21-11-14(20)13-6-3-2-4-7-13/h2-4,6-7,10,14H,5,8-9,11H2,1H3,(H2,17,18,19). The Morgan fingerprint density at radius 1 is 1.24 bits per heavy atom. The molecule has 1 atom stereocenters. The molecule has 110 valence electrons. The van der Waals surface area contributed by atoms with Crippen LogP contribution in [0.4, 0.5) is 11.8 Å². The number of nitrogens with two attached hydrogens (primary N) is 1. The zero-order chi connectivity index (χ0) is 14.7. The van der Waals surface area contributed by atoms with Gasteiger partial charge in [0.05, 0.1) is 12.6 Å². The Labute approximate surface area is 124 Å². The van der Waals surface area contributed by atoms with E-state index in [0.717, 1.165) is 31.1 Å². The van der Waals surface area contributed by atoms with Gasteiger partial charge in [-0.15, -0.1) is 0 Å². The van der Waals surface area contributed by atoms with Crippen molar-refractivity contribution in [2.75, 3.05) is 30.4 Å². The normalized spacial score (nSPS) is 19.3. The van der Waals surface area contributed by atoms with Crippen LogP contribution in [-0.2, 0) is 4.74 Å². The highest BCUT2D eigenvalue weighted by atomic mass is 16.5. The number of benzene rings is 1. The van der Waals surface area contributed by atoms with Crippen molar-refractivity contribution in [1.29, 1.82) is 0 Å². The minimum absolute atomic E-state index is 0.155. The molecule has 1 saturated heterocycles. The van der Waals surface area contributed by atoms with E-state index in [1.807, 2.05) is 19.1 Å². The summed E-state index contributed by atoms with van der Waals surface area (Å²) in [5.41, 5.74) is 7.92. The molecule has 3 rings (SSSR count). The average Bonchev–Trinajstić information content (AvgIpc) is 2.73. The summed E-state index contributed by atoms with van der Waals surface area (Å²) >= 11 is 0. The van der Waals surface area contributed by atoms with Gasteiger partial charge in [-0.3, -0.25) is 0 Å². The average molecular weight is 284 g/mol. The van der Waals surface area contributed by atoms with Crippen LogP contribution in [-0.4, -0.2) is 29.7 Å². The van der Waals surface area contributed by atoms with Crippen LogP contribution >= 0.6 is 0 Å². The van der Waals surface area contributed by atoms with Gasteiger partial charge in [0, 0.05) is 24.9 Å². The Hall–Kier alpha value is -2.14. The number of anilines is 2. The molecule has 0 bridgehead atoms. The van der Waals surface area contributed by atoms with Crippen LogP contribution in [0.15, 0.2) is 36.4 Å². The van der Waals surface area contributed by atoms with E-state index in [2.05, 4.69) is 39.1 Å². The first-order valence-corrected chi connectivity index (χ1v) is 7.24. The summed E-state index contributed by atoms with van der Waals surface area (Å²) in [5, 5.41) is 0. The summed E-state index contributed by atoms with van der Waals surface area (Å²) in [7, 11) is 0. The molecule has 2 heterocycles. The first-order chi connectivity index (χ1) is 10.2. The monoisotopic (exact) mass is 284 g/mol. The highest BCUT2D eigenvalue weighted by Crippen LogP contribution is 2.28. The van der Waals surface area contributed by atoms with Gasteiger partial charge in [0.2, 0.25) is 5.95 Å². The molecule has 21 heavy (non-hydrogen) atoms. The van der Waals surface area contributed by atoms with Crippen LogP contribution in [0.2, 0.25) is 0 Å². The van der Waals surface area contributed by atoms with Gasteiger partial charge in [0.25, 0.3) is 0 Å². The second kappa shape index (κ2) is 6.10. The van der Waals surface area contributed by atoms with Crippen LogP contribution in [0.25, 0.3) is 0 Å². The van der Waals surface area contributed by atoms with Crippen molar-refractivity contribution in [1.82, 2.24) is 9.97 Å². The molecule has 2 aromatic rings. The molecule has 1 fully saturated rings. The Morgan fingerprint density at radius 3 is 2.81 bits per heavy atom. The third kappa shape index (κ3) is 3.13. The van der Waals surface area contributed by atoms with Gasteiger partial charge in [-0.05, 0) is 18.9 Å². The molecule has 0 saturated carbocycles. The summed E-state index contributed by atoms with van der Waals surface area (Å²) in [4.78, 5) is 10.8. The maximum absolute atomic E-state index is 5.81. The summed E-state index contributed by atoms with van der Waals surface area (Å²) in [6.07, 6.45) is 0.978. The van der Waals surface area contributed by atoms with Gasteiger partial charge in [-0.2, -0.15) is 4.98 Å². The largest absolute Gasteiger partial charge is 0.379 e. The first-order valence-electron chi connectivity index (χ1n) is 7.24. The zero-order valence-corrected chi connectivity index (χ0v) is 12.2. The van der Waals surface area contributed by atoms with Crippen LogP contribution in [0.1, 0.15) is 23.7 Å². The van der Waals surface area contributed by atoms with E-state index in [1.54, 1.807) is 0 Å². The lowest BCUT2D eigenvalue weighted by atomic mass is 10.1. The van der Waals surface area contributed by atoms with Crippen LogP contribution in [0.5, 0.6) is 0 Å². The molecule has 5 heteroatoms. The zero-order valence-electron chi connectivity index (χ0n) is 12.2. The van der Waals surface area contributed by atoms with Crippen LogP contribution in [0, 0.1) is 6.92 Å². The van der Waals surface area contributed by atoms with Crippen molar-refractivity contribution < 1.29 is 4.74 Å². The van der Waals surface area contributed by atoms with E-state index in [4.69, 9.17) is 10.5 Å². The van der Waals surface area contributed by atoms with Crippen molar-refractivity contribution in [2.45, 2.75) is 19.4 Å². The van der Waals surface area contributed by atoms with Gasteiger partial charge in [0.1, 0.15) is 5.82 Å². The summed E-state index contributed by atoms with van der Waals surface area (Å²) in [6, 6.07) is 12.5.